The highest BCUT2D eigenvalue weighted by molar-refractivity contribution is 6.91. The first-order chi connectivity index (χ1) is 25.0. The maximum absolute atomic E-state index is 11.7. The zero-order valence-electron chi connectivity index (χ0n) is 33.1. The van der Waals surface area contributed by atoms with Gasteiger partial charge in [-0.25, -0.2) is 19.9 Å². The molecule has 1 aliphatic rings. The standard InChI is InChI=1S/C42H51N7O2Si2/c1-24(2)52(25(3)4,26(5)6)21-19-31-37-38(44-34-16-14-13-15-33(34)43-37)32(20-22-53(27(7)8,28(9)10)29(11)12)40-39(31)47-41-42(48-40)46-36-23-30(49(50)51)17-18-35(36)45-41/h13-18,23-29H,1-12H3,(H,45,47)(H,46,48). The molecular formula is C42H51N7O2Si2. The van der Waals surface area contributed by atoms with Crippen LogP contribution in [0.5, 0.6) is 0 Å². The van der Waals surface area contributed by atoms with Gasteiger partial charge < -0.3 is 10.6 Å². The number of hydrogen-bond acceptors (Lipinski definition) is 8. The number of hydrogen-bond donors (Lipinski definition) is 2. The van der Waals surface area contributed by atoms with E-state index >= 15 is 0 Å². The van der Waals surface area contributed by atoms with E-state index in [9.17, 15) is 10.1 Å². The number of non-ortho nitro benzene ring substituents is 1. The van der Waals surface area contributed by atoms with Crippen molar-refractivity contribution in [3.8, 4) is 22.9 Å². The van der Waals surface area contributed by atoms with Crippen LogP contribution in [-0.4, -0.2) is 41.0 Å². The summed E-state index contributed by atoms with van der Waals surface area (Å²) in [5, 5.41) is 18.4. The molecule has 0 saturated heterocycles. The highest BCUT2D eigenvalue weighted by Crippen LogP contribution is 2.44. The average molecular weight is 742 g/mol. The van der Waals surface area contributed by atoms with E-state index in [-0.39, 0.29) is 5.69 Å². The predicted octanol–water partition coefficient (Wildman–Crippen LogP) is 11.6. The molecule has 0 unspecified atom stereocenters. The third-order valence-corrected chi connectivity index (χ3v) is 24.3. The van der Waals surface area contributed by atoms with Crippen molar-refractivity contribution in [1.82, 2.24) is 19.9 Å². The van der Waals surface area contributed by atoms with Crippen LogP contribution in [0.2, 0.25) is 33.2 Å². The highest BCUT2D eigenvalue weighted by atomic mass is 28.3. The first kappa shape index (κ1) is 37.9. The van der Waals surface area contributed by atoms with Crippen LogP contribution in [0.3, 0.4) is 0 Å². The van der Waals surface area contributed by atoms with Gasteiger partial charge in [-0.1, -0.05) is 107 Å². The van der Waals surface area contributed by atoms with E-state index in [1.54, 1.807) is 6.07 Å². The van der Waals surface area contributed by atoms with Crippen LogP contribution < -0.4 is 10.6 Å². The lowest BCUT2D eigenvalue weighted by Crippen LogP contribution is -2.43. The van der Waals surface area contributed by atoms with Crippen molar-refractivity contribution < 1.29 is 4.92 Å². The van der Waals surface area contributed by atoms with Gasteiger partial charge in [0.05, 0.1) is 38.5 Å². The third-order valence-electron chi connectivity index (χ3n) is 11.7. The summed E-state index contributed by atoms with van der Waals surface area (Å²) < 4.78 is 0. The lowest BCUT2D eigenvalue weighted by molar-refractivity contribution is -0.384. The summed E-state index contributed by atoms with van der Waals surface area (Å²) in [6.07, 6.45) is 0. The fourth-order valence-corrected chi connectivity index (χ4v) is 19.5. The Kier molecular flexibility index (Phi) is 10.1. The van der Waals surface area contributed by atoms with Crippen LogP contribution in [0.4, 0.5) is 28.7 Å². The second-order valence-corrected chi connectivity index (χ2v) is 27.5. The number of nitrogens with one attached hydrogen (secondary N) is 2. The molecule has 9 nitrogen and oxygen atoms in total. The SMILES string of the molecule is CC(C)[Si](C#Cc1c2nc3c(nc2c(C#C[Si](C(C)C)(C(C)C)C(C)C)c2nc4ccccc4nc12)Nc1cc([N+](=O)[O-])ccc1N3)(C(C)C)C(C)C. The first-order valence-electron chi connectivity index (χ1n) is 18.9. The Morgan fingerprint density at radius 3 is 1.32 bits per heavy atom. The number of aromatic nitrogens is 4. The number of nitrogens with zero attached hydrogens (tertiary/aromatic N) is 5. The molecule has 0 radical (unpaired) electrons. The number of para-hydroxylation sites is 2. The zero-order chi connectivity index (χ0) is 38.6. The number of nitro benzene ring substituents is 1. The molecule has 5 aromatic rings. The Morgan fingerprint density at radius 2 is 0.943 bits per heavy atom. The van der Waals surface area contributed by atoms with E-state index in [0.29, 0.717) is 89.5 Å². The van der Waals surface area contributed by atoms with Gasteiger partial charge in [0.1, 0.15) is 38.2 Å². The fourth-order valence-electron chi connectivity index (χ4n) is 9.09. The van der Waals surface area contributed by atoms with Crippen molar-refractivity contribution in [2.24, 2.45) is 0 Å². The normalized spacial score (nSPS) is 12.9. The van der Waals surface area contributed by atoms with Gasteiger partial charge in [0.2, 0.25) is 0 Å². The summed E-state index contributed by atoms with van der Waals surface area (Å²) in [5.41, 5.74) is 17.1. The van der Waals surface area contributed by atoms with Gasteiger partial charge in [-0.15, -0.1) is 11.1 Å². The predicted molar refractivity (Wildman–Crippen MR) is 226 cm³/mol. The molecule has 274 valence electrons. The molecule has 0 fully saturated rings. The van der Waals surface area contributed by atoms with Crippen molar-refractivity contribution >= 4 is 77.9 Å². The highest BCUT2D eigenvalue weighted by Gasteiger charge is 2.43. The summed E-state index contributed by atoms with van der Waals surface area (Å²) in [7, 11) is -4.38. The van der Waals surface area contributed by atoms with E-state index in [0.717, 1.165) is 11.0 Å². The second-order valence-electron chi connectivity index (χ2n) is 16.3. The molecule has 1 aliphatic heterocycles. The van der Waals surface area contributed by atoms with E-state index in [4.69, 9.17) is 19.9 Å². The number of benzene rings is 3. The average Bonchev–Trinajstić information content (AvgIpc) is 3.09. The van der Waals surface area contributed by atoms with E-state index in [1.165, 1.54) is 12.1 Å². The number of nitro groups is 1. The minimum Gasteiger partial charge on any atom is -0.335 e. The summed E-state index contributed by atoms with van der Waals surface area (Å²) in [6.45, 7) is 27.7. The second kappa shape index (κ2) is 14.2. The summed E-state index contributed by atoms with van der Waals surface area (Å²) in [6, 6.07) is 12.6. The molecule has 0 bridgehead atoms. The molecule has 0 aliphatic carbocycles. The minimum atomic E-state index is -2.20. The zero-order valence-corrected chi connectivity index (χ0v) is 35.1. The van der Waals surface area contributed by atoms with Crippen LogP contribution >= 0.6 is 0 Å². The van der Waals surface area contributed by atoms with Crippen molar-refractivity contribution in [3.63, 3.8) is 0 Å². The molecule has 0 saturated carbocycles. The van der Waals surface area contributed by atoms with E-state index in [2.05, 4.69) is 117 Å². The molecule has 11 heteroatoms. The fraction of sp³-hybridized carbons (Fsp3) is 0.429. The number of rotatable bonds is 7. The van der Waals surface area contributed by atoms with Crippen LogP contribution in [0, 0.1) is 33.0 Å². The van der Waals surface area contributed by atoms with Gasteiger partial charge in [-0.3, -0.25) is 10.1 Å². The molecule has 6 rings (SSSR count). The van der Waals surface area contributed by atoms with Gasteiger partial charge in [0, 0.05) is 12.1 Å². The van der Waals surface area contributed by atoms with Crippen molar-refractivity contribution in [2.45, 2.75) is 116 Å². The molecule has 0 amide bonds. The number of fused-ring (bicyclic) bond motifs is 5. The molecule has 3 heterocycles. The lowest BCUT2D eigenvalue weighted by atomic mass is 10.0. The monoisotopic (exact) mass is 741 g/mol. The van der Waals surface area contributed by atoms with Crippen LogP contribution in [0.15, 0.2) is 42.5 Å². The van der Waals surface area contributed by atoms with Crippen LogP contribution in [0.25, 0.3) is 33.1 Å². The Hall–Kier alpha value is -4.85. The Bertz CT molecular complexity index is 2350. The van der Waals surface area contributed by atoms with Gasteiger partial charge in [-0.05, 0) is 51.4 Å². The third kappa shape index (κ3) is 6.34. The van der Waals surface area contributed by atoms with Gasteiger partial charge in [-0.2, -0.15) is 0 Å². The smallest absolute Gasteiger partial charge is 0.271 e. The van der Waals surface area contributed by atoms with E-state index < -0.39 is 21.1 Å². The maximum atomic E-state index is 11.7. The first-order valence-corrected chi connectivity index (χ1v) is 23.3. The summed E-state index contributed by atoms with van der Waals surface area (Å²) >= 11 is 0. The Labute approximate surface area is 315 Å². The molecule has 0 atom stereocenters. The molecule has 2 aromatic heterocycles. The molecule has 2 N–H and O–H groups in total. The van der Waals surface area contributed by atoms with Gasteiger partial charge in [0.25, 0.3) is 5.69 Å². The minimum absolute atomic E-state index is 0.0158. The van der Waals surface area contributed by atoms with E-state index in [1.807, 2.05) is 24.3 Å². The van der Waals surface area contributed by atoms with Crippen molar-refractivity contribution in [3.05, 3.63) is 63.7 Å². The lowest BCUT2D eigenvalue weighted by Gasteiger charge is -2.38. The summed E-state index contributed by atoms with van der Waals surface area (Å²) in [4.78, 5) is 32.3. The van der Waals surface area contributed by atoms with Crippen molar-refractivity contribution in [1.29, 1.82) is 0 Å². The topological polar surface area (TPSA) is 119 Å². The summed E-state index contributed by atoms with van der Waals surface area (Å²) in [5.74, 6) is 8.40. The Morgan fingerprint density at radius 1 is 0.566 bits per heavy atom. The molecular weight excluding hydrogens is 691 g/mol. The van der Waals surface area contributed by atoms with Gasteiger partial charge >= 0.3 is 0 Å². The number of anilines is 4. The van der Waals surface area contributed by atoms with Crippen LogP contribution in [0.1, 0.15) is 94.2 Å². The largest absolute Gasteiger partial charge is 0.335 e. The molecule has 0 spiro atoms. The van der Waals surface area contributed by atoms with Crippen LogP contribution in [-0.2, 0) is 0 Å². The molecule has 3 aromatic carbocycles. The van der Waals surface area contributed by atoms with Gasteiger partial charge in [0.15, 0.2) is 11.6 Å². The quantitative estimate of drug-likeness (QED) is 0.0546. The molecule has 53 heavy (non-hydrogen) atoms. The Balaban J connectivity index is 1.78. The van der Waals surface area contributed by atoms with Crippen molar-refractivity contribution in [2.75, 3.05) is 10.6 Å². The maximum Gasteiger partial charge on any atom is 0.271 e.